The van der Waals surface area contributed by atoms with E-state index in [0.29, 0.717) is 17.9 Å². The minimum atomic E-state index is -2.50. The molecule has 0 radical (unpaired) electrons. The molecular weight excluding hydrogens is 200 g/mol. The van der Waals surface area contributed by atoms with Crippen LogP contribution < -0.4 is 10.5 Å². The number of nitrogens with two attached hydrogens (primary N) is 1. The molecule has 0 saturated heterocycles. The summed E-state index contributed by atoms with van der Waals surface area (Å²) < 4.78 is 30.6. The highest BCUT2D eigenvalue weighted by molar-refractivity contribution is 5.43. The predicted molar refractivity (Wildman–Crippen MR) is 55.4 cm³/mol. The minimum Gasteiger partial charge on any atom is -0.496 e. The molecule has 1 aromatic carbocycles. The summed E-state index contributed by atoms with van der Waals surface area (Å²) in [5, 5.41) is 0. The largest absolute Gasteiger partial charge is 0.496 e. The Bertz CT molecular complexity index is 328. The van der Waals surface area contributed by atoms with Gasteiger partial charge in [-0.1, -0.05) is 19.1 Å². The maximum absolute atomic E-state index is 12.7. The lowest BCUT2D eigenvalue weighted by Crippen LogP contribution is -2.12. The molecule has 0 aliphatic heterocycles. The molecule has 0 aliphatic rings. The fourth-order valence-electron chi connectivity index (χ4n) is 1.57. The van der Waals surface area contributed by atoms with Gasteiger partial charge in [0.05, 0.1) is 7.11 Å². The zero-order valence-corrected chi connectivity index (χ0v) is 8.84. The van der Waals surface area contributed by atoms with Gasteiger partial charge in [0.2, 0.25) is 0 Å². The van der Waals surface area contributed by atoms with Crippen molar-refractivity contribution in [3.05, 3.63) is 29.3 Å². The molecule has 0 heterocycles. The van der Waals surface area contributed by atoms with Crippen molar-refractivity contribution in [2.75, 3.05) is 13.7 Å². The standard InChI is InChI=1S/C11H15F2NO/c1-7(6-14)10-8(11(12)13)4-3-5-9(10)15-2/h3-5,7,11H,6,14H2,1-2H3. The zero-order valence-electron chi connectivity index (χ0n) is 8.84. The molecule has 2 N–H and O–H groups in total. The van der Waals surface area contributed by atoms with Crippen molar-refractivity contribution in [1.82, 2.24) is 0 Å². The van der Waals surface area contributed by atoms with Crippen molar-refractivity contribution in [1.29, 1.82) is 0 Å². The number of halogens is 2. The van der Waals surface area contributed by atoms with Crippen molar-refractivity contribution in [2.45, 2.75) is 19.3 Å². The highest BCUT2D eigenvalue weighted by atomic mass is 19.3. The minimum absolute atomic E-state index is 0.00676. The van der Waals surface area contributed by atoms with Crippen molar-refractivity contribution in [3.8, 4) is 5.75 Å². The molecule has 0 spiro atoms. The second-order valence-electron chi connectivity index (χ2n) is 3.40. The van der Waals surface area contributed by atoms with E-state index in [9.17, 15) is 8.78 Å². The third-order valence-electron chi connectivity index (χ3n) is 2.40. The lowest BCUT2D eigenvalue weighted by Gasteiger charge is -2.17. The molecule has 0 saturated carbocycles. The number of ether oxygens (including phenoxy) is 1. The van der Waals surface area contributed by atoms with Crippen LogP contribution in [0.3, 0.4) is 0 Å². The molecule has 0 amide bonds. The third-order valence-corrected chi connectivity index (χ3v) is 2.40. The van der Waals surface area contributed by atoms with Gasteiger partial charge in [0.1, 0.15) is 5.75 Å². The maximum atomic E-state index is 12.7. The lowest BCUT2D eigenvalue weighted by atomic mass is 9.95. The smallest absolute Gasteiger partial charge is 0.264 e. The first-order chi connectivity index (χ1) is 7.11. The summed E-state index contributed by atoms with van der Waals surface area (Å²) in [6, 6.07) is 4.65. The number of benzene rings is 1. The average Bonchev–Trinajstić information content (AvgIpc) is 2.26. The molecule has 1 atom stereocenters. The SMILES string of the molecule is COc1cccc(C(F)F)c1C(C)CN. The molecule has 2 nitrogen and oxygen atoms in total. The summed E-state index contributed by atoms with van der Waals surface area (Å²) in [4.78, 5) is 0. The van der Waals surface area contributed by atoms with Crippen LogP contribution in [-0.2, 0) is 0 Å². The van der Waals surface area contributed by atoms with Gasteiger partial charge in [0, 0.05) is 11.1 Å². The Morgan fingerprint density at radius 1 is 1.40 bits per heavy atom. The van der Waals surface area contributed by atoms with Gasteiger partial charge in [-0.25, -0.2) is 8.78 Å². The Morgan fingerprint density at radius 2 is 2.07 bits per heavy atom. The van der Waals surface area contributed by atoms with Gasteiger partial charge in [-0.3, -0.25) is 0 Å². The molecule has 0 aliphatic carbocycles. The summed E-state index contributed by atoms with van der Waals surface area (Å²) >= 11 is 0. The molecule has 0 aromatic heterocycles. The van der Waals surface area contributed by atoms with Gasteiger partial charge < -0.3 is 10.5 Å². The van der Waals surface area contributed by atoms with Crippen molar-refractivity contribution in [2.24, 2.45) is 5.73 Å². The van der Waals surface area contributed by atoms with Gasteiger partial charge in [0.15, 0.2) is 0 Å². The van der Waals surface area contributed by atoms with E-state index in [-0.39, 0.29) is 11.5 Å². The van der Waals surface area contributed by atoms with Crippen molar-refractivity contribution >= 4 is 0 Å². The van der Waals surface area contributed by atoms with Gasteiger partial charge in [0.25, 0.3) is 6.43 Å². The van der Waals surface area contributed by atoms with Gasteiger partial charge >= 0.3 is 0 Å². The van der Waals surface area contributed by atoms with Crippen LogP contribution in [0.5, 0.6) is 5.75 Å². The molecule has 1 aromatic rings. The fourth-order valence-corrected chi connectivity index (χ4v) is 1.57. The third kappa shape index (κ3) is 2.45. The highest BCUT2D eigenvalue weighted by Crippen LogP contribution is 2.34. The van der Waals surface area contributed by atoms with Crippen LogP contribution in [0, 0.1) is 0 Å². The average molecular weight is 215 g/mol. The monoisotopic (exact) mass is 215 g/mol. The molecule has 1 unspecified atom stereocenters. The van der Waals surface area contributed by atoms with Crippen LogP contribution in [0.2, 0.25) is 0 Å². The molecule has 0 fully saturated rings. The van der Waals surface area contributed by atoms with Gasteiger partial charge in [-0.05, 0) is 18.5 Å². The van der Waals surface area contributed by atoms with E-state index in [1.54, 1.807) is 12.1 Å². The number of rotatable bonds is 4. The van der Waals surface area contributed by atoms with Crippen molar-refractivity contribution < 1.29 is 13.5 Å². The maximum Gasteiger partial charge on any atom is 0.264 e. The molecule has 4 heteroatoms. The number of alkyl halides is 2. The van der Waals surface area contributed by atoms with Crippen LogP contribution in [0.4, 0.5) is 8.78 Å². The van der Waals surface area contributed by atoms with E-state index in [1.165, 1.54) is 13.2 Å². The normalized spacial score (nSPS) is 12.9. The van der Waals surface area contributed by atoms with E-state index < -0.39 is 6.43 Å². The number of methoxy groups -OCH3 is 1. The number of hydrogen-bond acceptors (Lipinski definition) is 2. The highest BCUT2D eigenvalue weighted by Gasteiger charge is 2.20. The summed E-state index contributed by atoms with van der Waals surface area (Å²) in [7, 11) is 1.47. The first kappa shape index (κ1) is 11.9. The van der Waals surface area contributed by atoms with Crippen molar-refractivity contribution in [3.63, 3.8) is 0 Å². The summed E-state index contributed by atoms with van der Waals surface area (Å²) in [6.45, 7) is 2.13. The van der Waals surface area contributed by atoms with E-state index in [0.717, 1.165) is 0 Å². The second kappa shape index (κ2) is 5.07. The Kier molecular flexibility index (Phi) is 4.03. The van der Waals surface area contributed by atoms with Crippen LogP contribution >= 0.6 is 0 Å². The molecular formula is C11H15F2NO. The molecule has 84 valence electrons. The van der Waals surface area contributed by atoms with Gasteiger partial charge in [-0.15, -0.1) is 0 Å². The summed E-state index contributed by atoms with van der Waals surface area (Å²) in [5.74, 6) is 0.343. The first-order valence-electron chi connectivity index (χ1n) is 4.76. The topological polar surface area (TPSA) is 35.2 Å². The second-order valence-corrected chi connectivity index (χ2v) is 3.40. The summed E-state index contributed by atoms with van der Waals surface area (Å²) in [5.41, 5.74) is 6.01. The Hall–Kier alpha value is -1.16. The summed E-state index contributed by atoms with van der Waals surface area (Å²) in [6.07, 6.45) is -2.50. The van der Waals surface area contributed by atoms with Crippen LogP contribution in [0.1, 0.15) is 30.4 Å². The quantitative estimate of drug-likeness (QED) is 0.838. The van der Waals surface area contributed by atoms with E-state index in [2.05, 4.69) is 0 Å². The van der Waals surface area contributed by atoms with Crippen LogP contribution in [0.25, 0.3) is 0 Å². The Morgan fingerprint density at radius 3 is 2.53 bits per heavy atom. The molecule has 0 bridgehead atoms. The lowest BCUT2D eigenvalue weighted by molar-refractivity contribution is 0.149. The first-order valence-corrected chi connectivity index (χ1v) is 4.76. The molecule has 15 heavy (non-hydrogen) atoms. The van der Waals surface area contributed by atoms with Crippen LogP contribution in [0.15, 0.2) is 18.2 Å². The zero-order chi connectivity index (χ0) is 11.4. The Balaban J connectivity index is 3.26. The van der Waals surface area contributed by atoms with Gasteiger partial charge in [-0.2, -0.15) is 0 Å². The predicted octanol–water partition coefficient (Wildman–Crippen LogP) is 2.70. The van der Waals surface area contributed by atoms with Crippen LogP contribution in [-0.4, -0.2) is 13.7 Å². The number of hydrogen-bond donors (Lipinski definition) is 1. The fraction of sp³-hybridized carbons (Fsp3) is 0.455. The Labute approximate surface area is 88.0 Å². The van der Waals surface area contributed by atoms with E-state index in [4.69, 9.17) is 10.5 Å². The van der Waals surface area contributed by atoms with E-state index in [1.807, 2.05) is 6.92 Å². The van der Waals surface area contributed by atoms with E-state index >= 15 is 0 Å². The molecule has 1 rings (SSSR count).